The highest BCUT2D eigenvalue weighted by Gasteiger charge is 2.35. The fourth-order valence-corrected chi connectivity index (χ4v) is 3.29. The fraction of sp³-hybridized carbons (Fsp3) is 0.588. The lowest BCUT2D eigenvalue weighted by Crippen LogP contribution is -2.45. The van der Waals surface area contributed by atoms with E-state index in [-0.39, 0.29) is 11.8 Å². The monoisotopic (exact) mass is 290 g/mol. The highest BCUT2D eigenvalue weighted by molar-refractivity contribution is 5.80. The number of nitrogens with two attached hydrogens (primary N) is 1. The summed E-state index contributed by atoms with van der Waals surface area (Å²) < 4.78 is 5.41. The van der Waals surface area contributed by atoms with Crippen molar-refractivity contribution in [3.8, 4) is 5.75 Å². The van der Waals surface area contributed by atoms with Crippen LogP contribution in [0.5, 0.6) is 5.75 Å². The molecule has 0 aliphatic heterocycles. The van der Waals surface area contributed by atoms with Crippen LogP contribution in [0.25, 0.3) is 0 Å². The second-order valence-electron chi connectivity index (χ2n) is 6.35. The van der Waals surface area contributed by atoms with Crippen LogP contribution in [-0.4, -0.2) is 19.6 Å². The third-order valence-electron chi connectivity index (χ3n) is 4.51. The van der Waals surface area contributed by atoms with Gasteiger partial charge < -0.3 is 15.8 Å². The molecule has 0 aromatic heterocycles. The molecule has 4 nitrogen and oxygen atoms in total. The molecule has 1 saturated carbocycles. The van der Waals surface area contributed by atoms with E-state index in [1.165, 1.54) is 0 Å². The highest BCUT2D eigenvalue weighted by Crippen LogP contribution is 2.34. The van der Waals surface area contributed by atoms with Gasteiger partial charge in [0, 0.05) is 11.5 Å². The number of amides is 1. The lowest BCUT2D eigenvalue weighted by Gasteiger charge is -2.31. The van der Waals surface area contributed by atoms with E-state index in [9.17, 15) is 4.79 Å². The van der Waals surface area contributed by atoms with Crippen LogP contribution in [0.2, 0.25) is 0 Å². The summed E-state index contributed by atoms with van der Waals surface area (Å²) in [7, 11) is 1.65. The van der Waals surface area contributed by atoms with Gasteiger partial charge in [-0.3, -0.25) is 4.79 Å². The zero-order chi connectivity index (χ0) is 15.5. The van der Waals surface area contributed by atoms with E-state index in [1.807, 2.05) is 38.1 Å². The molecule has 0 bridgehead atoms. The van der Waals surface area contributed by atoms with Gasteiger partial charge in [0.25, 0.3) is 0 Å². The summed E-state index contributed by atoms with van der Waals surface area (Å²) in [4.78, 5) is 12.6. The van der Waals surface area contributed by atoms with Crippen LogP contribution in [0.4, 0.5) is 0 Å². The number of nitrogens with one attached hydrogen (secondary N) is 1. The van der Waals surface area contributed by atoms with Crippen molar-refractivity contribution < 1.29 is 9.53 Å². The molecule has 0 radical (unpaired) electrons. The third kappa shape index (κ3) is 3.38. The van der Waals surface area contributed by atoms with Crippen molar-refractivity contribution in [2.24, 2.45) is 17.6 Å². The maximum atomic E-state index is 12.6. The van der Waals surface area contributed by atoms with E-state index < -0.39 is 5.54 Å². The van der Waals surface area contributed by atoms with Crippen molar-refractivity contribution in [3.63, 3.8) is 0 Å². The van der Waals surface area contributed by atoms with E-state index >= 15 is 0 Å². The average molecular weight is 290 g/mol. The first kappa shape index (κ1) is 15.8. The quantitative estimate of drug-likeness (QED) is 0.875. The number of para-hydroxylation sites is 1. The number of hydrogen-bond donors (Lipinski definition) is 2. The summed E-state index contributed by atoms with van der Waals surface area (Å²) in [5.74, 6) is 1.27. The number of benzene rings is 1. The summed E-state index contributed by atoms with van der Waals surface area (Å²) in [5, 5.41) is 3.18. The van der Waals surface area contributed by atoms with Crippen LogP contribution in [-0.2, 0) is 10.3 Å². The first-order chi connectivity index (χ1) is 9.99. The number of carbonyl (C=O) groups excluding carboxylic acids is 1. The van der Waals surface area contributed by atoms with Gasteiger partial charge in [0.15, 0.2) is 0 Å². The molecule has 1 aromatic carbocycles. The molecule has 2 atom stereocenters. The molecule has 1 aliphatic carbocycles. The van der Waals surface area contributed by atoms with Gasteiger partial charge in [0.2, 0.25) is 5.91 Å². The third-order valence-corrected chi connectivity index (χ3v) is 4.51. The van der Waals surface area contributed by atoms with Crippen LogP contribution < -0.4 is 15.8 Å². The van der Waals surface area contributed by atoms with Gasteiger partial charge in [-0.05, 0) is 45.2 Å². The minimum Gasteiger partial charge on any atom is -0.496 e. The molecule has 0 spiro atoms. The van der Waals surface area contributed by atoms with Crippen LogP contribution in [0.3, 0.4) is 0 Å². The molecular weight excluding hydrogens is 264 g/mol. The molecule has 3 N–H and O–H groups in total. The van der Waals surface area contributed by atoms with Crippen LogP contribution in [0, 0.1) is 11.8 Å². The predicted molar refractivity (Wildman–Crippen MR) is 84.0 cm³/mol. The van der Waals surface area contributed by atoms with Crippen molar-refractivity contribution in [1.29, 1.82) is 0 Å². The van der Waals surface area contributed by atoms with Crippen molar-refractivity contribution >= 4 is 5.91 Å². The summed E-state index contributed by atoms with van der Waals surface area (Å²) >= 11 is 0. The lowest BCUT2D eigenvalue weighted by atomic mass is 9.90. The molecule has 0 unspecified atom stereocenters. The molecule has 1 aliphatic rings. The van der Waals surface area contributed by atoms with Crippen LogP contribution >= 0.6 is 0 Å². The Kier molecular flexibility index (Phi) is 4.88. The van der Waals surface area contributed by atoms with Gasteiger partial charge in [-0.1, -0.05) is 24.6 Å². The summed E-state index contributed by atoms with van der Waals surface area (Å²) in [6.07, 6.45) is 3.09. The molecule has 1 fully saturated rings. The van der Waals surface area contributed by atoms with E-state index in [0.29, 0.717) is 12.5 Å². The first-order valence-corrected chi connectivity index (χ1v) is 7.65. The average Bonchev–Trinajstić information content (AvgIpc) is 2.95. The zero-order valence-corrected chi connectivity index (χ0v) is 13.2. The largest absolute Gasteiger partial charge is 0.496 e. The summed E-state index contributed by atoms with van der Waals surface area (Å²) in [5.41, 5.74) is 6.30. The van der Waals surface area contributed by atoms with Gasteiger partial charge in [-0.15, -0.1) is 0 Å². The predicted octanol–water partition coefficient (Wildman–Crippen LogP) is 2.42. The topological polar surface area (TPSA) is 64.3 Å². The Balaban J connectivity index is 2.15. The van der Waals surface area contributed by atoms with Gasteiger partial charge >= 0.3 is 0 Å². The Morgan fingerprint density at radius 1 is 1.38 bits per heavy atom. The summed E-state index contributed by atoms with van der Waals surface area (Å²) in [6.45, 7) is 4.61. The fourth-order valence-electron chi connectivity index (χ4n) is 3.29. The molecule has 4 heteroatoms. The maximum absolute atomic E-state index is 12.6. The molecule has 0 heterocycles. The number of rotatable bonds is 5. The Bertz CT molecular complexity index is 499. The van der Waals surface area contributed by atoms with Crippen molar-refractivity contribution in [2.75, 3.05) is 13.7 Å². The summed E-state index contributed by atoms with van der Waals surface area (Å²) in [6, 6.07) is 7.81. The van der Waals surface area contributed by atoms with Crippen molar-refractivity contribution in [3.05, 3.63) is 29.8 Å². The van der Waals surface area contributed by atoms with Gasteiger partial charge in [-0.25, -0.2) is 0 Å². The SMILES string of the molecule is COc1ccccc1C(C)(C)NC(=O)[C@@H]1CCC[C@@H]1CN. The molecule has 0 saturated heterocycles. The van der Waals surface area contributed by atoms with E-state index in [4.69, 9.17) is 10.5 Å². The minimum absolute atomic E-state index is 0.0454. The van der Waals surface area contributed by atoms with Gasteiger partial charge in [0.1, 0.15) is 5.75 Å². The van der Waals surface area contributed by atoms with Crippen molar-refractivity contribution in [2.45, 2.75) is 38.6 Å². The molecular formula is C17H26N2O2. The van der Waals surface area contributed by atoms with Crippen molar-refractivity contribution in [1.82, 2.24) is 5.32 Å². The molecule has 1 aromatic rings. The minimum atomic E-state index is -0.467. The highest BCUT2D eigenvalue weighted by atomic mass is 16.5. The Morgan fingerprint density at radius 2 is 2.10 bits per heavy atom. The Morgan fingerprint density at radius 3 is 2.76 bits per heavy atom. The Hall–Kier alpha value is -1.55. The first-order valence-electron chi connectivity index (χ1n) is 7.65. The molecule has 116 valence electrons. The lowest BCUT2D eigenvalue weighted by molar-refractivity contribution is -0.127. The number of hydrogen-bond acceptors (Lipinski definition) is 3. The number of ether oxygens (including phenoxy) is 1. The van der Waals surface area contributed by atoms with Crippen LogP contribution in [0.15, 0.2) is 24.3 Å². The second kappa shape index (κ2) is 6.48. The maximum Gasteiger partial charge on any atom is 0.224 e. The Labute approximate surface area is 127 Å². The van der Waals surface area contributed by atoms with Crippen LogP contribution in [0.1, 0.15) is 38.7 Å². The zero-order valence-electron chi connectivity index (χ0n) is 13.2. The van der Waals surface area contributed by atoms with Gasteiger partial charge in [-0.2, -0.15) is 0 Å². The normalized spacial score (nSPS) is 22.1. The smallest absolute Gasteiger partial charge is 0.224 e. The second-order valence-corrected chi connectivity index (χ2v) is 6.35. The molecule has 2 rings (SSSR count). The molecule has 21 heavy (non-hydrogen) atoms. The van der Waals surface area contributed by atoms with E-state index in [2.05, 4.69) is 5.32 Å². The van der Waals surface area contributed by atoms with E-state index in [0.717, 1.165) is 30.6 Å². The van der Waals surface area contributed by atoms with Gasteiger partial charge in [0.05, 0.1) is 12.6 Å². The standard InChI is InChI=1S/C17H26N2O2/c1-17(2,14-9-4-5-10-15(14)21-3)19-16(20)13-8-6-7-12(13)11-18/h4-5,9-10,12-13H,6-8,11,18H2,1-3H3,(H,19,20)/t12-,13-/m1/s1. The molecule has 1 amide bonds. The van der Waals surface area contributed by atoms with E-state index in [1.54, 1.807) is 7.11 Å². The number of carbonyl (C=O) groups is 1. The number of methoxy groups -OCH3 is 1.